The van der Waals surface area contributed by atoms with Crippen LogP contribution in [0.5, 0.6) is 0 Å². The van der Waals surface area contributed by atoms with Crippen LogP contribution in [-0.4, -0.2) is 29.4 Å². The molecule has 2 atom stereocenters. The molecule has 21 heavy (non-hydrogen) atoms. The van der Waals surface area contributed by atoms with Crippen molar-refractivity contribution in [2.45, 2.75) is 24.6 Å². The highest BCUT2D eigenvalue weighted by Gasteiger charge is 2.49. The van der Waals surface area contributed by atoms with E-state index in [1.165, 1.54) is 18.2 Å². The minimum atomic E-state index is -4.48. The Morgan fingerprint density at radius 2 is 2.19 bits per heavy atom. The summed E-state index contributed by atoms with van der Waals surface area (Å²) >= 11 is 0. The van der Waals surface area contributed by atoms with Crippen LogP contribution in [0.3, 0.4) is 0 Å². The number of rotatable bonds is 4. The molecule has 0 saturated carbocycles. The van der Waals surface area contributed by atoms with E-state index in [2.05, 4.69) is 0 Å². The molecule has 1 saturated heterocycles. The SMILES string of the molecule is O=[N+]([O-])c1cccc([C@@]2(CC(F)(F)F)C[C@H](CO)CO2)c1. The second-order valence-corrected chi connectivity index (χ2v) is 5.16. The van der Waals surface area contributed by atoms with Gasteiger partial charge in [0.25, 0.3) is 5.69 Å². The molecule has 0 aliphatic carbocycles. The highest BCUT2D eigenvalue weighted by atomic mass is 19.4. The number of nitrogens with zero attached hydrogens (tertiary/aromatic N) is 1. The fourth-order valence-corrected chi connectivity index (χ4v) is 2.63. The second kappa shape index (κ2) is 5.61. The van der Waals surface area contributed by atoms with Gasteiger partial charge in [-0.15, -0.1) is 0 Å². The van der Waals surface area contributed by atoms with Gasteiger partial charge in [0.2, 0.25) is 0 Å². The van der Waals surface area contributed by atoms with Crippen LogP contribution in [-0.2, 0) is 10.3 Å². The standard InChI is InChI=1S/C13H14F3NO4/c14-13(15,16)8-12(5-9(6-18)7-21-12)10-2-1-3-11(4-10)17(19)20/h1-4,9,18H,5-8H2/t9-,12+/m1/s1. The van der Waals surface area contributed by atoms with Gasteiger partial charge in [0.15, 0.2) is 0 Å². The van der Waals surface area contributed by atoms with E-state index in [0.29, 0.717) is 0 Å². The molecule has 1 heterocycles. The molecule has 116 valence electrons. The number of nitro groups is 1. The molecule has 1 aliphatic heterocycles. The van der Waals surface area contributed by atoms with Crippen molar-refractivity contribution in [1.29, 1.82) is 0 Å². The first-order chi connectivity index (χ1) is 9.76. The molecule has 5 nitrogen and oxygen atoms in total. The highest BCUT2D eigenvalue weighted by molar-refractivity contribution is 5.38. The zero-order valence-electron chi connectivity index (χ0n) is 11.0. The lowest BCUT2D eigenvalue weighted by Crippen LogP contribution is -2.32. The lowest BCUT2D eigenvalue weighted by atomic mass is 9.84. The summed E-state index contributed by atoms with van der Waals surface area (Å²) < 4.78 is 43.9. The molecule has 2 rings (SSSR count). The molecule has 0 unspecified atom stereocenters. The first-order valence-corrected chi connectivity index (χ1v) is 6.32. The fraction of sp³-hybridized carbons (Fsp3) is 0.538. The summed E-state index contributed by atoms with van der Waals surface area (Å²) in [6.45, 7) is -0.288. The van der Waals surface area contributed by atoms with Crippen molar-refractivity contribution in [3.05, 3.63) is 39.9 Å². The summed E-state index contributed by atoms with van der Waals surface area (Å²) in [7, 11) is 0. The van der Waals surface area contributed by atoms with E-state index in [4.69, 9.17) is 9.84 Å². The Morgan fingerprint density at radius 3 is 2.71 bits per heavy atom. The van der Waals surface area contributed by atoms with E-state index in [9.17, 15) is 23.3 Å². The van der Waals surface area contributed by atoms with Crippen molar-refractivity contribution in [3.8, 4) is 0 Å². The van der Waals surface area contributed by atoms with Gasteiger partial charge in [-0.2, -0.15) is 13.2 Å². The fourth-order valence-electron chi connectivity index (χ4n) is 2.63. The molecule has 8 heteroatoms. The largest absolute Gasteiger partial charge is 0.396 e. The lowest BCUT2D eigenvalue weighted by Gasteiger charge is -2.30. The smallest absolute Gasteiger partial charge is 0.392 e. The van der Waals surface area contributed by atoms with Crippen LogP contribution >= 0.6 is 0 Å². The molecular formula is C13H14F3NO4. The summed E-state index contributed by atoms with van der Waals surface area (Å²) in [6.07, 6.45) is -5.74. The normalized spacial score (nSPS) is 26.0. The number of aliphatic hydroxyl groups is 1. The van der Waals surface area contributed by atoms with Crippen molar-refractivity contribution >= 4 is 5.69 Å². The van der Waals surface area contributed by atoms with E-state index in [1.54, 1.807) is 0 Å². The Kier molecular flexibility index (Phi) is 4.20. The zero-order valence-corrected chi connectivity index (χ0v) is 11.0. The monoisotopic (exact) mass is 305 g/mol. The molecule has 1 aliphatic rings. The van der Waals surface area contributed by atoms with Gasteiger partial charge < -0.3 is 9.84 Å². The van der Waals surface area contributed by atoms with E-state index < -0.39 is 29.0 Å². The lowest BCUT2D eigenvalue weighted by molar-refractivity contribution is -0.385. The van der Waals surface area contributed by atoms with Crippen LogP contribution in [0, 0.1) is 16.0 Å². The van der Waals surface area contributed by atoms with Crippen LogP contribution in [0.2, 0.25) is 0 Å². The number of hydrogen-bond acceptors (Lipinski definition) is 4. The number of hydrogen-bond donors (Lipinski definition) is 1. The molecule has 0 radical (unpaired) electrons. The predicted molar refractivity (Wildman–Crippen MR) is 66.6 cm³/mol. The molecule has 0 spiro atoms. The van der Waals surface area contributed by atoms with Crippen LogP contribution in [0.15, 0.2) is 24.3 Å². The minimum Gasteiger partial charge on any atom is -0.396 e. The van der Waals surface area contributed by atoms with Crippen molar-refractivity contribution in [1.82, 2.24) is 0 Å². The van der Waals surface area contributed by atoms with Gasteiger partial charge in [-0.25, -0.2) is 0 Å². The van der Waals surface area contributed by atoms with Gasteiger partial charge in [0, 0.05) is 24.7 Å². The van der Waals surface area contributed by atoms with Crippen LogP contribution in [0.1, 0.15) is 18.4 Å². The average Bonchev–Trinajstić information content (AvgIpc) is 2.81. The number of non-ortho nitro benzene ring substituents is 1. The maximum atomic E-state index is 12.9. The molecule has 1 aromatic carbocycles. The Morgan fingerprint density at radius 1 is 1.48 bits per heavy atom. The summed E-state index contributed by atoms with van der Waals surface area (Å²) in [5, 5.41) is 19.9. The van der Waals surface area contributed by atoms with Gasteiger partial charge in [0.05, 0.1) is 18.0 Å². The first-order valence-electron chi connectivity index (χ1n) is 6.32. The molecule has 0 bridgehead atoms. The molecule has 1 aromatic rings. The quantitative estimate of drug-likeness (QED) is 0.686. The maximum absolute atomic E-state index is 12.9. The minimum absolute atomic E-state index is 0.00469. The Bertz CT molecular complexity index is 534. The van der Waals surface area contributed by atoms with Gasteiger partial charge in [-0.3, -0.25) is 10.1 Å². The van der Waals surface area contributed by atoms with Crippen molar-refractivity contribution in [3.63, 3.8) is 0 Å². The second-order valence-electron chi connectivity index (χ2n) is 5.16. The van der Waals surface area contributed by atoms with Crippen LogP contribution in [0.4, 0.5) is 18.9 Å². The van der Waals surface area contributed by atoms with Crippen molar-refractivity contribution in [2.24, 2.45) is 5.92 Å². The maximum Gasteiger partial charge on any atom is 0.392 e. The van der Waals surface area contributed by atoms with Gasteiger partial charge >= 0.3 is 6.18 Å². The molecule has 1 fully saturated rings. The third-order valence-corrected chi connectivity index (χ3v) is 3.54. The van der Waals surface area contributed by atoms with Gasteiger partial charge in [-0.05, 0) is 12.0 Å². The molecule has 0 amide bonds. The number of alkyl halides is 3. The first kappa shape index (κ1) is 15.7. The summed E-state index contributed by atoms with van der Waals surface area (Å²) in [5.41, 5.74) is -1.84. The summed E-state index contributed by atoms with van der Waals surface area (Å²) in [5.74, 6) is -0.411. The van der Waals surface area contributed by atoms with Crippen molar-refractivity contribution in [2.75, 3.05) is 13.2 Å². The van der Waals surface area contributed by atoms with E-state index in [-0.39, 0.29) is 30.9 Å². The third-order valence-electron chi connectivity index (χ3n) is 3.54. The van der Waals surface area contributed by atoms with E-state index >= 15 is 0 Å². The highest BCUT2D eigenvalue weighted by Crippen LogP contribution is 2.46. The Hall–Kier alpha value is -1.67. The van der Waals surface area contributed by atoms with Gasteiger partial charge in [0.1, 0.15) is 5.60 Å². The number of halogens is 3. The molecular weight excluding hydrogens is 291 g/mol. The van der Waals surface area contributed by atoms with Crippen molar-refractivity contribution < 1.29 is 27.9 Å². The predicted octanol–water partition coefficient (Wildman–Crippen LogP) is 2.77. The Labute approximate surface area is 118 Å². The van der Waals surface area contributed by atoms with Crippen LogP contribution in [0.25, 0.3) is 0 Å². The molecule has 0 aromatic heterocycles. The Balaban J connectivity index is 2.40. The zero-order chi connectivity index (χ0) is 15.7. The van der Waals surface area contributed by atoms with E-state index in [0.717, 1.165) is 6.07 Å². The average molecular weight is 305 g/mol. The number of ether oxygens (including phenoxy) is 1. The topological polar surface area (TPSA) is 72.6 Å². The number of benzene rings is 1. The van der Waals surface area contributed by atoms with E-state index in [1.807, 2.05) is 0 Å². The molecule has 1 N–H and O–H groups in total. The number of nitro benzene ring substituents is 1. The van der Waals surface area contributed by atoms with Crippen LogP contribution < -0.4 is 0 Å². The number of aliphatic hydroxyl groups excluding tert-OH is 1. The van der Waals surface area contributed by atoms with Gasteiger partial charge in [-0.1, -0.05) is 12.1 Å². The summed E-state index contributed by atoms with van der Waals surface area (Å²) in [6, 6.07) is 5.04. The summed E-state index contributed by atoms with van der Waals surface area (Å²) in [4.78, 5) is 10.1. The third kappa shape index (κ3) is 3.51.